The van der Waals surface area contributed by atoms with E-state index in [0.29, 0.717) is 6.54 Å². The molecule has 0 aliphatic rings. The van der Waals surface area contributed by atoms with E-state index in [2.05, 4.69) is 23.3 Å². The van der Waals surface area contributed by atoms with E-state index >= 15 is 0 Å². The molecular formula is C11H17NOS. The molecule has 0 spiro atoms. The van der Waals surface area contributed by atoms with E-state index in [-0.39, 0.29) is 5.78 Å². The molecule has 0 atom stereocenters. The molecule has 2 nitrogen and oxygen atoms in total. The summed E-state index contributed by atoms with van der Waals surface area (Å²) in [6, 6.07) is 2.14. The molecule has 1 heterocycles. The van der Waals surface area contributed by atoms with Crippen molar-refractivity contribution in [2.24, 2.45) is 0 Å². The molecule has 78 valence electrons. The molecule has 1 rings (SSSR count). The third kappa shape index (κ3) is 3.60. The molecule has 0 N–H and O–H groups in total. The van der Waals surface area contributed by atoms with Crippen molar-refractivity contribution >= 4 is 17.1 Å². The molecule has 0 amide bonds. The lowest BCUT2D eigenvalue weighted by Gasteiger charge is -2.13. The first-order valence-electron chi connectivity index (χ1n) is 4.80. The van der Waals surface area contributed by atoms with Crippen molar-refractivity contribution < 1.29 is 4.79 Å². The van der Waals surface area contributed by atoms with Gasteiger partial charge in [0.05, 0.1) is 6.54 Å². The molecule has 1 aromatic rings. The van der Waals surface area contributed by atoms with Gasteiger partial charge in [-0.15, -0.1) is 11.3 Å². The van der Waals surface area contributed by atoms with Gasteiger partial charge in [-0.3, -0.25) is 9.69 Å². The smallest absolute Gasteiger partial charge is 0.143 e. The number of carbonyl (C=O) groups excluding carboxylic acids is 1. The Balaban J connectivity index is 2.34. The summed E-state index contributed by atoms with van der Waals surface area (Å²) >= 11 is 1.80. The van der Waals surface area contributed by atoms with Gasteiger partial charge < -0.3 is 0 Å². The van der Waals surface area contributed by atoms with Crippen LogP contribution in [0, 0.1) is 6.92 Å². The normalized spacial score (nSPS) is 10.9. The van der Waals surface area contributed by atoms with Crippen molar-refractivity contribution in [1.82, 2.24) is 4.90 Å². The lowest BCUT2D eigenvalue weighted by Crippen LogP contribution is -2.26. The first kappa shape index (κ1) is 11.4. The van der Waals surface area contributed by atoms with E-state index in [0.717, 1.165) is 13.0 Å². The van der Waals surface area contributed by atoms with Crippen molar-refractivity contribution in [2.75, 3.05) is 20.1 Å². The van der Waals surface area contributed by atoms with Crippen LogP contribution in [0.2, 0.25) is 0 Å². The predicted molar refractivity (Wildman–Crippen MR) is 60.9 cm³/mol. The fraction of sp³-hybridized carbons (Fsp3) is 0.545. The van der Waals surface area contributed by atoms with Crippen molar-refractivity contribution in [2.45, 2.75) is 20.3 Å². The highest BCUT2D eigenvalue weighted by molar-refractivity contribution is 7.10. The summed E-state index contributed by atoms with van der Waals surface area (Å²) in [5, 5.41) is 2.12. The standard InChI is InChI=1S/C11H17NOS/c1-9-5-7-14-11(9)4-6-12(3)8-10(2)13/h5,7H,4,6,8H2,1-3H3. The average molecular weight is 211 g/mol. The van der Waals surface area contributed by atoms with Crippen LogP contribution in [0.5, 0.6) is 0 Å². The van der Waals surface area contributed by atoms with Crippen molar-refractivity contribution in [3.63, 3.8) is 0 Å². The number of carbonyl (C=O) groups is 1. The maximum atomic E-state index is 10.8. The predicted octanol–water partition coefficient (Wildman–Crippen LogP) is 2.12. The lowest BCUT2D eigenvalue weighted by molar-refractivity contribution is -0.117. The lowest BCUT2D eigenvalue weighted by atomic mass is 10.2. The van der Waals surface area contributed by atoms with Gasteiger partial charge in [0.1, 0.15) is 5.78 Å². The number of ketones is 1. The summed E-state index contributed by atoms with van der Waals surface area (Å²) in [4.78, 5) is 14.3. The van der Waals surface area contributed by atoms with E-state index in [4.69, 9.17) is 0 Å². The minimum Gasteiger partial charge on any atom is -0.299 e. The summed E-state index contributed by atoms with van der Waals surface area (Å²) in [5.74, 6) is 0.232. The van der Waals surface area contributed by atoms with E-state index < -0.39 is 0 Å². The minimum atomic E-state index is 0.232. The molecule has 0 unspecified atom stereocenters. The van der Waals surface area contributed by atoms with Gasteiger partial charge in [-0.05, 0) is 44.3 Å². The van der Waals surface area contributed by atoms with Crippen LogP contribution >= 0.6 is 11.3 Å². The molecule has 0 radical (unpaired) electrons. The molecule has 1 aromatic heterocycles. The summed E-state index contributed by atoms with van der Waals surface area (Å²) < 4.78 is 0. The maximum absolute atomic E-state index is 10.8. The highest BCUT2D eigenvalue weighted by Gasteiger charge is 2.04. The number of hydrogen-bond acceptors (Lipinski definition) is 3. The fourth-order valence-corrected chi connectivity index (χ4v) is 2.31. The van der Waals surface area contributed by atoms with Crippen LogP contribution in [0.3, 0.4) is 0 Å². The molecule has 0 aliphatic carbocycles. The second-order valence-electron chi connectivity index (χ2n) is 3.72. The Morgan fingerprint density at radius 2 is 2.29 bits per heavy atom. The average Bonchev–Trinajstić information content (AvgIpc) is 2.46. The number of rotatable bonds is 5. The summed E-state index contributed by atoms with van der Waals surface area (Å²) in [6.45, 7) is 5.29. The Morgan fingerprint density at radius 1 is 1.57 bits per heavy atom. The molecule has 0 aromatic carbocycles. The number of aryl methyl sites for hydroxylation is 1. The van der Waals surface area contributed by atoms with Crippen LogP contribution < -0.4 is 0 Å². The Kier molecular flexibility index (Phi) is 4.29. The van der Waals surface area contributed by atoms with Gasteiger partial charge in [0, 0.05) is 11.4 Å². The van der Waals surface area contributed by atoms with E-state index in [9.17, 15) is 4.79 Å². The van der Waals surface area contributed by atoms with Crippen LogP contribution in [0.25, 0.3) is 0 Å². The SMILES string of the molecule is CC(=O)CN(C)CCc1sccc1C. The fourth-order valence-electron chi connectivity index (χ4n) is 1.41. The highest BCUT2D eigenvalue weighted by atomic mass is 32.1. The number of thiophene rings is 1. The van der Waals surface area contributed by atoms with E-state index in [1.807, 2.05) is 7.05 Å². The molecule has 0 fully saturated rings. The maximum Gasteiger partial charge on any atom is 0.143 e. The van der Waals surface area contributed by atoms with Gasteiger partial charge in [0.2, 0.25) is 0 Å². The second kappa shape index (κ2) is 5.27. The van der Waals surface area contributed by atoms with Crippen LogP contribution in [0.4, 0.5) is 0 Å². The van der Waals surface area contributed by atoms with Gasteiger partial charge in [0.25, 0.3) is 0 Å². The quantitative estimate of drug-likeness (QED) is 0.743. The zero-order valence-corrected chi connectivity index (χ0v) is 9.86. The van der Waals surface area contributed by atoms with Crippen LogP contribution in [-0.4, -0.2) is 30.8 Å². The first-order chi connectivity index (χ1) is 6.59. The minimum absolute atomic E-state index is 0.232. The zero-order chi connectivity index (χ0) is 10.6. The second-order valence-corrected chi connectivity index (χ2v) is 4.72. The Labute approximate surface area is 89.5 Å². The van der Waals surface area contributed by atoms with Gasteiger partial charge in [-0.1, -0.05) is 0 Å². The van der Waals surface area contributed by atoms with Crippen LogP contribution in [0.15, 0.2) is 11.4 Å². The van der Waals surface area contributed by atoms with Gasteiger partial charge >= 0.3 is 0 Å². The topological polar surface area (TPSA) is 20.3 Å². The molecule has 3 heteroatoms. The van der Waals surface area contributed by atoms with Crippen molar-refractivity contribution in [3.8, 4) is 0 Å². The number of nitrogens with zero attached hydrogens (tertiary/aromatic N) is 1. The Morgan fingerprint density at radius 3 is 2.79 bits per heavy atom. The zero-order valence-electron chi connectivity index (χ0n) is 9.04. The molecule has 0 aliphatic heterocycles. The molecule has 0 saturated heterocycles. The largest absolute Gasteiger partial charge is 0.299 e. The molecule has 0 bridgehead atoms. The van der Waals surface area contributed by atoms with Gasteiger partial charge in [-0.2, -0.15) is 0 Å². The molecule has 0 saturated carbocycles. The summed E-state index contributed by atoms with van der Waals surface area (Å²) in [6.07, 6.45) is 1.05. The highest BCUT2D eigenvalue weighted by Crippen LogP contribution is 2.15. The van der Waals surface area contributed by atoms with Crippen molar-refractivity contribution in [3.05, 3.63) is 21.9 Å². The van der Waals surface area contributed by atoms with Gasteiger partial charge in [0.15, 0.2) is 0 Å². The Bertz CT molecular complexity index is 306. The van der Waals surface area contributed by atoms with E-state index in [1.54, 1.807) is 18.3 Å². The Hall–Kier alpha value is -0.670. The number of Topliss-reactive ketones (excluding diaryl/α,β-unsaturated/α-hetero) is 1. The van der Waals surface area contributed by atoms with Crippen LogP contribution in [-0.2, 0) is 11.2 Å². The summed E-state index contributed by atoms with van der Waals surface area (Å²) in [7, 11) is 1.99. The first-order valence-corrected chi connectivity index (χ1v) is 5.68. The number of likely N-dealkylation sites (N-methyl/N-ethyl adjacent to an activating group) is 1. The molecule has 14 heavy (non-hydrogen) atoms. The van der Waals surface area contributed by atoms with Gasteiger partial charge in [-0.25, -0.2) is 0 Å². The van der Waals surface area contributed by atoms with E-state index in [1.165, 1.54) is 10.4 Å². The van der Waals surface area contributed by atoms with Crippen LogP contribution in [0.1, 0.15) is 17.4 Å². The number of hydrogen-bond donors (Lipinski definition) is 0. The third-order valence-corrected chi connectivity index (χ3v) is 3.26. The summed E-state index contributed by atoms with van der Waals surface area (Å²) in [5.41, 5.74) is 1.37. The third-order valence-electron chi connectivity index (χ3n) is 2.18. The molecular weight excluding hydrogens is 194 g/mol. The monoisotopic (exact) mass is 211 g/mol. The van der Waals surface area contributed by atoms with Crippen molar-refractivity contribution in [1.29, 1.82) is 0 Å².